The average molecular weight is 410 g/mol. The first-order valence-corrected chi connectivity index (χ1v) is 10.0. The molecule has 2 aromatic rings. The number of nitro benzene ring substituents is 1. The van der Waals surface area contributed by atoms with E-state index in [1.54, 1.807) is 6.07 Å². The Hall–Kier alpha value is -2.65. The van der Waals surface area contributed by atoms with Crippen LogP contribution < -0.4 is 9.62 Å². The highest BCUT2D eigenvalue weighted by atomic mass is 35.5. The van der Waals surface area contributed by atoms with Crippen molar-refractivity contribution in [3.63, 3.8) is 0 Å². The van der Waals surface area contributed by atoms with Crippen molar-refractivity contribution in [2.24, 2.45) is 0 Å². The number of benzene rings is 2. The van der Waals surface area contributed by atoms with Gasteiger partial charge in [0.1, 0.15) is 0 Å². The molecule has 8 nitrogen and oxygen atoms in total. The summed E-state index contributed by atoms with van der Waals surface area (Å²) in [5.74, 6) is -0.450. The second-order valence-corrected chi connectivity index (χ2v) is 8.49. The van der Waals surface area contributed by atoms with E-state index in [4.69, 9.17) is 11.6 Å². The molecule has 3 rings (SSSR count). The van der Waals surface area contributed by atoms with E-state index in [1.807, 2.05) is 0 Å². The molecular formula is C17H16ClN3O5S. The number of nitrogens with one attached hydrogen (secondary N) is 1. The molecule has 1 N–H and O–H groups in total. The van der Waals surface area contributed by atoms with Gasteiger partial charge in [-0.2, -0.15) is 0 Å². The lowest BCUT2D eigenvalue weighted by molar-refractivity contribution is -0.385. The van der Waals surface area contributed by atoms with E-state index in [2.05, 4.69) is 5.32 Å². The van der Waals surface area contributed by atoms with Gasteiger partial charge in [0.2, 0.25) is 10.0 Å². The standard InChI is InChI=1S/C17H16ClN3O5S/c1-11-13(4-2-5-16(11)21(23)24)17(22)19-15-7-6-12(10-14(15)18)20-8-3-9-27(20,25)26/h2,4-7,10H,3,8-9H2,1H3,(H,19,22). The maximum Gasteiger partial charge on any atom is 0.273 e. The Balaban J connectivity index is 1.86. The SMILES string of the molecule is Cc1c(C(=O)Nc2ccc(N3CCCS3(=O)=O)cc2Cl)cccc1[N+](=O)[O-]. The van der Waals surface area contributed by atoms with Crippen LogP contribution in [0.25, 0.3) is 0 Å². The van der Waals surface area contributed by atoms with Crippen molar-refractivity contribution in [1.29, 1.82) is 0 Å². The average Bonchev–Trinajstić information content (AvgIpc) is 2.95. The molecule has 0 bridgehead atoms. The maximum absolute atomic E-state index is 12.5. The van der Waals surface area contributed by atoms with Gasteiger partial charge in [-0.3, -0.25) is 19.2 Å². The summed E-state index contributed by atoms with van der Waals surface area (Å²) in [5.41, 5.74) is 0.973. The van der Waals surface area contributed by atoms with E-state index in [-0.39, 0.29) is 33.3 Å². The lowest BCUT2D eigenvalue weighted by Gasteiger charge is -2.18. The van der Waals surface area contributed by atoms with E-state index in [0.29, 0.717) is 18.7 Å². The molecule has 10 heteroatoms. The molecule has 0 aliphatic carbocycles. The Morgan fingerprint density at radius 3 is 2.63 bits per heavy atom. The van der Waals surface area contributed by atoms with Crippen LogP contribution in [0.3, 0.4) is 0 Å². The Morgan fingerprint density at radius 2 is 2.04 bits per heavy atom. The Labute approximate surface area is 160 Å². The zero-order valence-electron chi connectivity index (χ0n) is 14.3. The van der Waals surface area contributed by atoms with Crippen LogP contribution in [0.15, 0.2) is 36.4 Å². The highest BCUT2D eigenvalue weighted by Gasteiger charge is 2.29. The highest BCUT2D eigenvalue weighted by Crippen LogP contribution is 2.32. The number of amides is 1. The van der Waals surface area contributed by atoms with E-state index < -0.39 is 20.9 Å². The first kappa shape index (κ1) is 19.1. The fraction of sp³-hybridized carbons (Fsp3) is 0.235. The van der Waals surface area contributed by atoms with Gasteiger partial charge in [-0.25, -0.2) is 8.42 Å². The molecular weight excluding hydrogens is 394 g/mol. The van der Waals surface area contributed by atoms with Gasteiger partial charge in [0, 0.05) is 23.7 Å². The van der Waals surface area contributed by atoms with Gasteiger partial charge in [-0.15, -0.1) is 0 Å². The summed E-state index contributed by atoms with van der Waals surface area (Å²) in [5, 5.41) is 13.8. The number of carbonyl (C=O) groups excluding carboxylic acids is 1. The molecule has 1 aliphatic rings. The molecule has 0 spiro atoms. The van der Waals surface area contributed by atoms with Crippen molar-refractivity contribution < 1.29 is 18.1 Å². The third-order valence-electron chi connectivity index (χ3n) is 4.33. The molecule has 1 amide bonds. The monoisotopic (exact) mass is 409 g/mol. The molecule has 0 unspecified atom stereocenters. The van der Waals surface area contributed by atoms with E-state index >= 15 is 0 Å². The summed E-state index contributed by atoms with van der Waals surface area (Å²) >= 11 is 6.21. The van der Waals surface area contributed by atoms with Gasteiger partial charge < -0.3 is 5.32 Å². The van der Waals surface area contributed by atoms with Crippen LogP contribution in [0, 0.1) is 17.0 Å². The lowest BCUT2D eigenvalue weighted by atomic mass is 10.1. The number of nitrogens with zero attached hydrogens (tertiary/aromatic N) is 2. The Morgan fingerprint density at radius 1 is 1.30 bits per heavy atom. The minimum atomic E-state index is -3.33. The zero-order chi connectivity index (χ0) is 19.8. The van der Waals surface area contributed by atoms with Gasteiger partial charge >= 0.3 is 0 Å². The summed E-state index contributed by atoms with van der Waals surface area (Å²) in [7, 11) is -3.33. The van der Waals surface area contributed by atoms with Crippen molar-refractivity contribution in [2.45, 2.75) is 13.3 Å². The third-order valence-corrected chi connectivity index (χ3v) is 6.52. The van der Waals surface area contributed by atoms with Crippen molar-refractivity contribution in [1.82, 2.24) is 0 Å². The van der Waals surface area contributed by atoms with E-state index in [9.17, 15) is 23.3 Å². The lowest BCUT2D eigenvalue weighted by Crippen LogP contribution is -2.25. The second kappa shape index (κ2) is 7.16. The van der Waals surface area contributed by atoms with Crippen molar-refractivity contribution in [3.05, 3.63) is 62.7 Å². The molecule has 0 radical (unpaired) electrons. The molecule has 1 heterocycles. The summed E-state index contributed by atoms with van der Waals surface area (Å²) in [6, 6.07) is 8.78. The second-order valence-electron chi connectivity index (χ2n) is 6.07. The molecule has 27 heavy (non-hydrogen) atoms. The molecule has 0 saturated carbocycles. The topological polar surface area (TPSA) is 110 Å². The maximum atomic E-state index is 12.5. The predicted octanol–water partition coefficient (Wildman–Crippen LogP) is 3.35. The number of halogens is 1. The number of anilines is 2. The molecule has 2 aromatic carbocycles. The molecule has 0 atom stereocenters. The summed E-state index contributed by atoms with van der Waals surface area (Å²) in [4.78, 5) is 23.0. The minimum absolute atomic E-state index is 0.0924. The molecule has 1 fully saturated rings. The molecule has 1 saturated heterocycles. The van der Waals surface area contributed by atoms with Gasteiger partial charge in [-0.05, 0) is 37.6 Å². The van der Waals surface area contributed by atoms with Gasteiger partial charge in [0.15, 0.2) is 0 Å². The van der Waals surface area contributed by atoms with Crippen LogP contribution >= 0.6 is 11.6 Å². The van der Waals surface area contributed by atoms with Crippen molar-refractivity contribution >= 4 is 44.6 Å². The number of sulfonamides is 1. The number of hydrogen-bond donors (Lipinski definition) is 1. The van der Waals surface area contributed by atoms with E-state index in [1.165, 1.54) is 41.6 Å². The third kappa shape index (κ3) is 3.74. The van der Waals surface area contributed by atoms with Crippen LogP contribution in [-0.4, -0.2) is 31.5 Å². The minimum Gasteiger partial charge on any atom is -0.321 e. The number of rotatable bonds is 4. The largest absolute Gasteiger partial charge is 0.321 e. The van der Waals surface area contributed by atoms with Crippen molar-refractivity contribution in [3.8, 4) is 0 Å². The Bertz CT molecular complexity index is 1040. The Kier molecular flexibility index (Phi) is 5.07. The molecule has 0 aromatic heterocycles. The van der Waals surface area contributed by atoms with Crippen LogP contribution in [0.2, 0.25) is 5.02 Å². The fourth-order valence-electron chi connectivity index (χ4n) is 2.95. The molecule has 142 valence electrons. The smallest absolute Gasteiger partial charge is 0.273 e. The predicted molar refractivity (Wildman–Crippen MR) is 103 cm³/mol. The summed E-state index contributed by atoms with van der Waals surface area (Å²) in [6.07, 6.45) is 0.546. The van der Waals surface area contributed by atoms with Crippen LogP contribution in [0.5, 0.6) is 0 Å². The van der Waals surface area contributed by atoms with E-state index in [0.717, 1.165) is 0 Å². The quantitative estimate of drug-likeness (QED) is 0.615. The van der Waals surface area contributed by atoms with Gasteiger partial charge in [-0.1, -0.05) is 17.7 Å². The molecule has 1 aliphatic heterocycles. The van der Waals surface area contributed by atoms with Gasteiger partial charge in [0.05, 0.1) is 27.1 Å². The number of carbonyl (C=O) groups is 1. The van der Waals surface area contributed by atoms with Crippen LogP contribution in [0.1, 0.15) is 22.3 Å². The van der Waals surface area contributed by atoms with Crippen LogP contribution in [-0.2, 0) is 10.0 Å². The summed E-state index contributed by atoms with van der Waals surface area (Å²) in [6.45, 7) is 1.88. The normalized spacial score (nSPS) is 15.6. The highest BCUT2D eigenvalue weighted by molar-refractivity contribution is 7.93. The summed E-state index contributed by atoms with van der Waals surface area (Å²) < 4.78 is 25.3. The zero-order valence-corrected chi connectivity index (χ0v) is 15.9. The first-order valence-electron chi connectivity index (χ1n) is 8.06. The van der Waals surface area contributed by atoms with Crippen LogP contribution in [0.4, 0.5) is 17.1 Å². The van der Waals surface area contributed by atoms with Gasteiger partial charge in [0.25, 0.3) is 11.6 Å². The fourth-order valence-corrected chi connectivity index (χ4v) is 4.73. The first-order chi connectivity index (χ1) is 12.7. The number of nitro groups is 1. The number of hydrogen-bond acceptors (Lipinski definition) is 5. The van der Waals surface area contributed by atoms with Crippen molar-refractivity contribution in [2.75, 3.05) is 21.9 Å².